The van der Waals surface area contributed by atoms with Crippen LogP contribution in [-0.4, -0.2) is 22.3 Å². The van der Waals surface area contributed by atoms with Crippen molar-refractivity contribution in [3.05, 3.63) is 46.0 Å². The van der Waals surface area contributed by atoms with E-state index in [0.717, 1.165) is 0 Å². The summed E-state index contributed by atoms with van der Waals surface area (Å²) in [7, 11) is 0. The molecule has 2 rings (SSSR count). The molecule has 0 unspecified atom stereocenters. The van der Waals surface area contributed by atoms with Crippen molar-refractivity contribution >= 4 is 23.5 Å². The van der Waals surface area contributed by atoms with Crippen LogP contribution < -0.4 is 0 Å². The van der Waals surface area contributed by atoms with Gasteiger partial charge in [-0.15, -0.1) is 0 Å². The molecular formula is C14H13NO5. The maximum Gasteiger partial charge on any atom is 0.306 e. The number of ketones is 1. The standard InChI is InChI=1S/C14H13NO5/c1-14(9-8-13(17)20-14)12(16)7-4-10-2-5-11(6-3-10)15(18)19/h2-7H,8-9H2,1H3/b7-4+/t14-/m0/s1. The van der Waals surface area contributed by atoms with Crippen molar-refractivity contribution in [2.45, 2.75) is 25.4 Å². The van der Waals surface area contributed by atoms with Crippen LogP contribution in [-0.2, 0) is 14.3 Å². The van der Waals surface area contributed by atoms with Crippen molar-refractivity contribution in [3.8, 4) is 0 Å². The minimum atomic E-state index is -1.09. The SMILES string of the molecule is C[C@@]1(C(=O)/C=C/c2ccc([N+](=O)[O-])cc2)CCC(=O)O1. The lowest BCUT2D eigenvalue weighted by Gasteiger charge is -2.18. The summed E-state index contributed by atoms with van der Waals surface area (Å²) < 4.78 is 5.02. The summed E-state index contributed by atoms with van der Waals surface area (Å²) in [4.78, 5) is 33.1. The molecule has 104 valence electrons. The monoisotopic (exact) mass is 275 g/mol. The second kappa shape index (κ2) is 5.24. The Labute approximate surface area is 115 Å². The summed E-state index contributed by atoms with van der Waals surface area (Å²) in [6.45, 7) is 1.58. The van der Waals surface area contributed by atoms with Crippen LogP contribution in [0.1, 0.15) is 25.3 Å². The van der Waals surface area contributed by atoms with Gasteiger partial charge in [-0.3, -0.25) is 19.7 Å². The molecule has 1 aromatic carbocycles. The van der Waals surface area contributed by atoms with E-state index >= 15 is 0 Å². The van der Waals surface area contributed by atoms with E-state index in [-0.39, 0.29) is 23.9 Å². The van der Waals surface area contributed by atoms with Gasteiger partial charge in [0.15, 0.2) is 11.4 Å². The molecule has 0 radical (unpaired) electrons. The average Bonchev–Trinajstić information content (AvgIpc) is 2.77. The van der Waals surface area contributed by atoms with Gasteiger partial charge < -0.3 is 4.74 Å². The van der Waals surface area contributed by atoms with Crippen LogP contribution >= 0.6 is 0 Å². The highest BCUT2D eigenvalue weighted by Gasteiger charge is 2.41. The normalized spacial score (nSPS) is 21.9. The summed E-state index contributed by atoms with van der Waals surface area (Å²) in [5.74, 6) is -0.661. The van der Waals surface area contributed by atoms with Gasteiger partial charge in [-0.05, 0) is 30.7 Å². The first-order chi connectivity index (χ1) is 9.40. The average molecular weight is 275 g/mol. The molecule has 1 fully saturated rings. The molecule has 6 heteroatoms. The Morgan fingerprint density at radius 1 is 1.40 bits per heavy atom. The van der Waals surface area contributed by atoms with Gasteiger partial charge in [0.1, 0.15) is 0 Å². The summed E-state index contributed by atoms with van der Waals surface area (Å²) in [6, 6.07) is 5.82. The molecule has 6 nitrogen and oxygen atoms in total. The summed E-state index contributed by atoms with van der Waals surface area (Å²) in [5.41, 5.74) is -0.434. The fourth-order valence-corrected chi connectivity index (χ4v) is 1.92. The summed E-state index contributed by atoms with van der Waals surface area (Å²) in [5, 5.41) is 10.5. The quantitative estimate of drug-likeness (QED) is 0.364. The lowest BCUT2D eigenvalue weighted by atomic mass is 9.96. The van der Waals surface area contributed by atoms with Gasteiger partial charge in [0.2, 0.25) is 0 Å². The molecule has 1 aliphatic heterocycles. The van der Waals surface area contributed by atoms with Gasteiger partial charge in [-0.1, -0.05) is 6.08 Å². The van der Waals surface area contributed by atoms with Crippen LogP contribution in [0.2, 0.25) is 0 Å². The molecule has 1 heterocycles. The molecule has 0 amide bonds. The topological polar surface area (TPSA) is 86.5 Å². The molecule has 1 atom stereocenters. The Morgan fingerprint density at radius 3 is 2.55 bits per heavy atom. The Kier molecular flexibility index (Phi) is 3.65. The highest BCUT2D eigenvalue weighted by Crippen LogP contribution is 2.27. The minimum Gasteiger partial charge on any atom is -0.451 e. The Hall–Kier alpha value is -2.50. The molecule has 0 bridgehead atoms. The molecule has 1 saturated heterocycles. The third-order valence-corrected chi connectivity index (χ3v) is 3.20. The molecule has 0 saturated carbocycles. The van der Waals surface area contributed by atoms with E-state index < -0.39 is 10.5 Å². The van der Waals surface area contributed by atoms with Crippen LogP contribution in [0.25, 0.3) is 6.08 Å². The lowest BCUT2D eigenvalue weighted by Crippen LogP contribution is -2.33. The first kappa shape index (κ1) is 13.9. The fraction of sp³-hybridized carbons (Fsp3) is 0.286. The molecule has 20 heavy (non-hydrogen) atoms. The Morgan fingerprint density at radius 2 is 2.05 bits per heavy atom. The highest BCUT2D eigenvalue weighted by atomic mass is 16.6. The van der Waals surface area contributed by atoms with E-state index in [9.17, 15) is 19.7 Å². The van der Waals surface area contributed by atoms with Crippen LogP contribution in [0.15, 0.2) is 30.3 Å². The zero-order valence-electron chi connectivity index (χ0n) is 10.9. The zero-order valence-corrected chi connectivity index (χ0v) is 10.9. The van der Waals surface area contributed by atoms with Gasteiger partial charge in [-0.25, -0.2) is 0 Å². The second-order valence-electron chi connectivity index (χ2n) is 4.75. The molecule has 0 N–H and O–H groups in total. The van der Waals surface area contributed by atoms with Crippen molar-refractivity contribution < 1.29 is 19.2 Å². The van der Waals surface area contributed by atoms with E-state index in [4.69, 9.17) is 4.74 Å². The van der Waals surface area contributed by atoms with E-state index in [2.05, 4.69) is 0 Å². The van der Waals surface area contributed by atoms with Gasteiger partial charge >= 0.3 is 5.97 Å². The zero-order chi connectivity index (χ0) is 14.8. The third-order valence-electron chi connectivity index (χ3n) is 3.20. The molecule has 1 aliphatic rings. The largest absolute Gasteiger partial charge is 0.451 e. The van der Waals surface area contributed by atoms with Crippen LogP contribution in [0.3, 0.4) is 0 Å². The smallest absolute Gasteiger partial charge is 0.306 e. The molecule has 0 aromatic heterocycles. The minimum absolute atomic E-state index is 0.00911. The number of hydrogen-bond donors (Lipinski definition) is 0. The van der Waals surface area contributed by atoms with Crippen molar-refractivity contribution in [2.75, 3.05) is 0 Å². The number of nitro benzene ring substituents is 1. The lowest BCUT2D eigenvalue weighted by molar-refractivity contribution is -0.384. The van der Waals surface area contributed by atoms with Crippen LogP contribution in [0.5, 0.6) is 0 Å². The second-order valence-corrected chi connectivity index (χ2v) is 4.75. The fourth-order valence-electron chi connectivity index (χ4n) is 1.92. The van der Waals surface area contributed by atoms with Gasteiger partial charge in [0, 0.05) is 25.0 Å². The maximum atomic E-state index is 12.0. The number of rotatable bonds is 4. The van der Waals surface area contributed by atoms with Gasteiger partial charge in [0.05, 0.1) is 4.92 Å². The summed E-state index contributed by atoms with van der Waals surface area (Å²) in [6.07, 6.45) is 3.49. The van der Waals surface area contributed by atoms with Gasteiger partial charge in [-0.2, -0.15) is 0 Å². The molecule has 0 aliphatic carbocycles. The van der Waals surface area contributed by atoms with Crippen LogP contribution in [0.4, 0.5) is 5.69 Å². The van der Waals surface area contributed by atoms with Crippen molar-refractivity contribution in [1.29, 1.82) is 0 Å². The first-order valence-corrected chi connectivity index (χ1v) is 6.09. The predicted octanol–water partition coefficient (Wildman–Crippen LogP) is 2.27. The number of cyclic esters (lactones) is 1. The number of carbonyl (C=O) groups is 2. The number of nitro groups is 1. The first-order valence-electron chi connectivity index (χ1n) is 6.09. The van der Waals surface area contributed by atoms with E-state index in [0.29, 0.717) is 12.0 Å². The molecule has 1 aromatic rings. The highest BCUT2D eigenvalue weighted by molar-refractivity contribution is 6.02. The summed E-state index contributed by atoms with van der Waals surface area (Å²) >= 11 is 0. The van der Waals surface area contributed by atoms with Crippen molar-refractivity contribution in [1.82, 2.24) is 0 Å². The molecular weight excluding hydrogens is 262 g/mol. The van der Waals surface area contributed by atoms with Crippen LogP contribution in [0, 0.1) is 10.1 Å². The Balaban J connectivity index is 2.07. The third kappa shape index (κ3) is 2.90. The van der Waals surface area contributed by atoms with Crippen molar-refractivity contribution in [3.63, 3.8) is 0 Å². The number of nitrogens with zero attached hydrogens (tertiary/aromatic N) is 1. The predicted molar refractivity (Wildman–Crippen MR) is 70.9 cm³/mol. The van der Waals surface area contributed by atoms with E-state index in [1.165, 1.54) is 18.2 Å². The number of non-ortho nitro benzene ring substituents is 1. The molecule has 0 spiro atoms. The Bertz CT molecular complexity index is 590. The number of hydrogen-bond acceptors (Lipinski definition) is 5. The number of benzene rings is 1. The van der Waals surface area contributed by atoms with E-state index in [1.807, 2.05) is 0 Å². The van der Waals surface area contributed by atoms with Crippen molar-refractivity contribution in [2.24, 2.45) is 0 Å². The number of carbonyl (C=O) groups excluding carboxylic acids is 2. The number of ether oxygens (including phenoxy) is 1. The van der Waals surface area contributed by atoms with Gasteiger partial charge in [0.25, 0.3) is 5.69 Å². The van der Waals surface area contributed by atoms with E-state index in [1.54, 1.807) is 25.1 Å². The number of esters is 1. The maximum absolute atomic E-state index is 12.0.